The minimum atomic E-state index is 0.114. The van der Waals surface area contributed by atoms with Gasteiger partial charge >= 0.3 is 0 Å². The summed E-state index contributed by atoms with van der Waals surface area (Å²) >= 11 is 0. The van der Waals surface area contributed by atoms with Gasteiger partial charge in [-0.05, 0) is 43.2 Å². The molecule has 3 aromatic rings. The van der Waals surface area contributed by atoms with Crippen molar-refractivity contribution < 1.29 is 9.21 Å². The zero-order chi connectivity index (χ0) is 18.4. The molecule has 0 bridgehead atoms. The Labute approximate surface area is 153 Å². The highest BCUT2D eigenvalue weighted by molar-refractivity contribution is 5.76. The van der Waals surface area contributed by atoms with Crippen LogP contribution in [0, 0.1) is 6.92 Å². The number of carbonyl (C=O) groups excluding carboxylic acids is 1. The number of rotatable bonds is 7. The topological polar surface area (TPSA) is 59.2 Å². The van der Waals surface area contributed by atoms with Crippen molar-refractivity contribution in [3.8, 4) is 11.5 Å². The molecule has 3 rings (SSSR count). The van der Waals surface area contributed by atoms with Crippen LogP contribution in [0.25, 0.3) is 11.5 Å². The third-order valence-electron chi connectivity index (χ3n) is 4.40. The predicted octanol–water partition coefficient (Wildman–Crippen LogP) is 3.68. The molecule has 0 N–H and O–H groups in total. The lowest BCUT2D eigenvalue weighted by Gasteiger charge is -2.16. The van der Waals surface area contributed by atoms with Crippen LogP contribution >= 0.6 is 0 Å². The van der Waals surface area contributed by atoms with E-state index in [-0.39, 0.29) is 5.91 Å². The molecule has 1 amide bonds. The van der Waals surface area contributed by atoms with Crippen LogP contribution < -0.4 is 0 Å². The molecule has 0 radical (unpaired) electrons. The minimum Gasteiger partial charge on any atom is -0.441 e. The quantitative estimate of drug-likeness (QED) is 0.653. The van der Waals surface area contributed by atoms with Gasteiger partial charge in [0.2, 0.25) is 11.8 Å². The Morgan fingerprint density at radius 1 is 1.08 bits per heavy atom. The van der Waals surface area contributed by atoms with Gasteiger partial charge < -0.3 is 9.32 Å². The number of hydrogen-bond acceptors (Lipinski definition) is 4. The van der Waals surface area contributed by atoms with Crippen LogP contribution in [-0.2, 0) is 17.6 Å². The molecule has 5 heteroatoms. The molecule has 0 fully saturated rings. The highest BCUT2D eigenvalue weighted by atomic mass is 16.4. The first kappa shape index (κ1) is 17.9. The lowest BCUT2D eigenvalue weighted by atomic mass is 10.1. The maximum absolute atomic E-state index is 12.4. The van der Waals surface area contributed by atoms with E-state index >= 15 is 0 Å². The summed E-state index contributed by atoms with van der Waals surface area (Å²) in [5.41, 5.74) is 2.97. The maximum atomic E-state index is 12.4. The molecule has 2 aromatic heterocycles. The number of oxazole rings is 1. The van der Waals surface area contributed by atoms with Gasteiger partial charge in [-0.2, -0.15) is 0 Å². The molecule has 0 aliphatic heterocycles. The fraction of sp³-hybridized carbons (Fsp3) is 0.286. The molecule has 0 atom stereocenters. The zero-order valence-corrected chi connectivity index (χ0v) is 15.2. The number of nitrogens with zero attached hydrogens (tertiary/aromatic N) is 3. The lowest BCUT2D eigenvalue weighted by Crippen LogP contribution is -2.29. The van der Waals surface area contributed by atoms with Gasteiger partial charge in [0.15, 0.2) is 0 Å². The van der Waals surface area contributed by atoms with Crippen molar-refractivity contribution in [3.05, 3.63) is 71.9 Å². The van der Waals surface area contributed by atoms with Crippen molar-refractivity contribution in [1.82, 2.24) is 14.9 Å². The van der Waals surface area contributed by atoms with E-state index in [9.17, 15) is 4.79 Å². The fourth-order valence-corrected chi connectivity index (χ4v) is 2.75. The lowest BCUT2D eigenvalue weighted by molar-refractivity contribution is -0.129. The Bertz CT molecular complexity index is 844. The Hall–Kier alpha value is -2.95. The van der Waals surface area contributed by atoms with Crippen LogP contribution in [-0.4, -0.2) is 34.4 Å². The van der Waals surface area contributed by atoms with Crippen LogP contribution in [0.15, 0.2) is 59.3 Å². The smallest absolute Gasteiger partial charge is 0.226 e. The number of amides is 1. The summed E-state index contributed by atoms with van der Waals surface area (Å²) in [7, 11) is 1.84. The van der Waals surface area contributed by atoms with Gasteiger partial charge in [0.25, 0.3) is 0 Å². The molecular weight excluding hydrogens is 326 g/mol. The number of aryl methyl sites for hydroxylation is 2. The van der Waals surface area contributed by atoms with Crippen molar-refractivity contribution in [1.29, 1.82) is 0 Å². The number of aromatic nitrogens is 2. The summed E-state index contributed by atoms with van der Waals surface area (Å²) in [5.74, 6) is 1.50. The fourth-order valence-electron chi connectivity index (χ4n) is 2.75. The summed E-state index contributed by atoms with van der Waals surface area (Å²) in [6, 6.07) is 13.7. The Morgan fingerprint density at radius 2 is 1.81 bits per heavy atom. The van der Waals surface area contributed by atoms with Gasteiger partial charge in [-0.15, -0.1) is 0 Å². The summed E-state index contributed by atoms with van der Waals surface area (Å²) < 4.78 is 5.76. The Morgan fingerprint density at radius 3 is 2.54 bits per heavy atom. The molecule has 5 nitrogen and oxygen atoms in total. The molecule has 0 unspecified atom stereocenters. The summed E-state index contributed by atoms with van der Waals surface area (Å²) in [6.07, 6.45) is 5.38. The van der Waals surface area contributed by atoms with Crippen LogP contribution in [0.2, 0.25) is 0 Å². The summed E-state index contributed by atoms with van der Waals surface area (Å²) in [4.78, 5) is 22.7. The monoisotopic (exact) mass is 349 g/mol. The first-order valence-electron chi connectivity index (χ1n) is 8.78. The van der Waals surface area contributed by atoms with E-state index in [1.165, 1.54) is 5.56 Å². The van der Waals surface area contributed by atoms with Crippen molar-refractivity contribution >= 4 is 5.91 Å². The van der Waals surface area contributed by atoms with Crippen molar-refractivity contribution in [3.63, 3.8) is 0 Å². The predicted molar refractivity (Wildman–Crippen MR) is 101 cm³/mol. The maximum Gasteiger partial charge on any atom is 0.226 e. The van der Waals surface area contributed by atoms with E-state index in [2.05, 4.69) is 9.97 Å². The van der Waals surface area contributed by atoms with Gasteiger partial charge in [0.1, 0.15) is 5.76 Å². The van der Waals surface area contributed by atoms with Gasteiger partial charge in [-0.25, -0.2) is 4.98 Å². The first-order chi connectivity index (χ1) is 12.6. The van der Waals surface area contributed by atoms with E-state index in [4.69, 9.17) is 4.42 Å². The molecule has 0 aliphatic carbocycles. The van der Waals surface area contributed by atoms with Gasteiger partial charge in [0.05, 0.1) is 5.69 Å². The number of carbonyl (C=O) groups is 1. The van der Waals surface area contributed by atoms with Crippen LogP contribution in [0.3, 0.4) is 0 Å². The third-order valence-corrected chi connectivity index (χ3v) is 4.40. The SMILES string of the molecule is Cc1oc(-c2ccccc2)nc1CCC(=O)N(C)CCc1ccncc1. The summed E-state index contributed by atoms with van der Waals surface area (Å²) in [6.45, 7) is 2.59. The first-order valence-corrected chi connectivity index (χ1v) is 8.78. The largest absolute Gasteiger partial charge is 0.441 e. The molecule has 2 heterocycles. The van der Waals surface area contributed by atoms with E-state index < -0.39 is 0 Å². The second-order valence-corrected chi connectivity index (χ2v) is 6.31. The number of benzene rings is 1. The van der Waals surface area contributed by atoms with Gasteiger partial charge in [-0.1, -0.05) is 18.2 Å². The molecule has 0 saturated carbocycles. The van der Waals surface area contributed by atoms with E-state index in [0.29, 0.717) is 25.3 Å². The second kappa shape index (κ2) is 8.43. The van der Waals surface area contributed by atoms with Crippen molar-refractivity contribution in [2.75, 3.05) is 13.6 Å². The summed E-state index contributed by atoms with van der Waals surface area (Å²) in [5, 5.41) is 0. The molecular formula is C21H23N3O2. The van der Waals surface area contributed by atoms with E-state index in [1.54, 1.807) is 17.3 Å². The zero-order valence-electron chi connectivity index (χ0n) is 15.2. The Balaban J connectivity index is 1.53. The number of pyridine rings is 1. The highest BCUT2D eigenvalue weighted by Gasteiger charge is 2.14. The highest BCUT2D eigenvalue weighted by Crippen LogP contribution is 2.22. The molecule has 0 spiro atoms. The number of likely N-dealkylation sites (N-methyl/N-ethyl adjacent to an activating group) is 1. The second-order valence-electron chi connectivity index (χ2n) is 6.31. The molecule has 0 aliphatic rings. The van der Waals surface area contributed by atoms with Crippen molar-refractivity contribution in [2.24, 2.45) is 0 Å². The van der Waals surface area contributed by atoms with Crippen LogP contribution in [0.5, 0.6) is 0 Å². The standard InChI is InChI=1S/C21H23N3O2/c1-16-19(23-21(26-16)18-6-4-3-5-7-18)8-9-20(25)24(2)15-12-17-10-13-22-14-11-17/h3-7,10-11,13-14H,8-9,12,15H2,1-2H3. The molecule has 1 aromatic carbocycles. The normalized spacial score (nSPS) is 10.7. The minimum absolute atomic E-state index is 0.114. The third kappa shape index (κ3) is 4.57. The van der Waals surface area contributed by atoms with Crippen molar-refractivity contribution in [2.45, 2.75) is 26.2 Å². The van der Waals surface area contributed by atoms with E-state index in [1.807, 2.05) is 56.4 Å². The average Bonchev–Trinajstić information content (AvgIpc) is 3.06. The molecule has 0 saturated heterocycles. The molecule has 26 heavy (non-hydrogen) atoms. The van der Waals surface area contributed by atoms with Crippen LogP contribution in [0.4, 0.5) is 0 Å². The number of hydrogen-bond donors (Lipinski definition) is 0. The van der Waals surface area contributed by atoms with Crippen LogP contribution in [0.1, 0.15) is 23.4 Å². The van der Waals surface area contributed by atoms with E-state index in [0.717, 1.165) is 23.4 Å². The molecule has 134 valence electrons. The average molecular weight is 349 g/mol. The van der Waals surface area contributed by atoms with Gasteiger partial charge in [-0.3, -0.25) is 9.78 Å². The van der Waals surface area contributed by atoms with Gasteiger partial charge in [0, 0.05) is 44.4 Å². The Kier molecular flexibility index (Phi) is 5.79.